The van der Waals surface area contributed by atoms with Crippen LogP contribution in [0.2, 0.25) is 0 Å². The van der Waals surface area contributed by atoms with Crippen LogP contribution >= 0.6 is 0 Å². The third-order valence-corrected chi connectivity index (χ3v) is 7.98. The molecule has 2 unspecified atom stereocenters. The van der Waals surface area contributed by atoms with E-state index in [-0.39, 0.29) is 41.3 Å². The molecular weight excluding hydrogens is 464 g/mol. The van der Waals surface area contributed by atoms with E-state index >= 15 is 0 Å². The second kappa shape index (κ2) is 8.75. The Morgan fingerprint density at radius 3 is 2.45 bits per heavy atom. The fourth-order valence-electron chi connectivity index (χ4n) is 4.46. The smallest absolute Gasteiger partial charge is 0.376 e. The summed E-state index contributed by atoms with van der Waals surface area (Å²) in [5.74, 6) is -1.59. The summed E-state index contributed by atoms with van der Waals surface area (Å²) < 4.78 is 85.9. The molecule has 0 aliphatic carbocycles. The highest BCUT2D eigenvalue weighted by Gasteiger charge is 2.41. The number of ether oxygens (including phenoxy) is 1. The molecule has 0 saturated carbocycles. The van der Waals surface area contributed by atoms with Crippen molar-refractivity contribution in [3.8, 4) is 11.1 Å². The van der Waals surface area contributed by atoms with E-state index in [1.165, 1.54) is 24.1 Å². The zero-order valence-corrected chi connectivity index (χ0v) is 18.8. The first-order chi connectivity index (χ1) is 15.5. The summed E-state index contributed by atoms with van der Waals surface area (Å²) in [6, 6.07) is 5.12. The number of carbonyl (C=O) groups excluding carboxylic acids is 1. The first-order valence-electron chi connectivity index (χ1n) is 10.6. The molecule has 2 aliphatic heterocycles. The normalized spacial score (nSPS) is 22.6. The molecule has 1 aromatic carbocycles. The van der Waals surface area contributed by atoms with Crippen LogP contribution in [0.15, 0.2) is 30.3 Å². The minimum atomic E-state index is -4.75. The van der Waals surface area contributed by atoms with E-state index in [1.54, 1.807) is 0 Å². The van der Waals surface area contributed by atoms with Crippen molar-refractivity contribution in [3.63, 3.8) is 0 Å². The van der Waals surface area contributed by atoms with Crippen molar-refractivity contribution in [1.29, 1.82) is 0 Å². The summed E-state index contributed by atoms with van der Waals surface area (Å²) in [6.45, 7) is 0.259. The number of benzene rings is 1. The van der Waals surface area contributed by atoms with E-state index in [2.05, 4.69) is 0 Å². The molecule has 1 amide bonds. The Hall–Kier alpha value is -2.40. The Morgan fingerprint density at radius 2 is 1.91 bits per heavy atom. The molecule has 1 aromatic heterocycles. The number of amides is 1. The van der Waals surface area contributed by atoms with Gasteiger partial charge in [0.05, 0.1) is 17.6 Å². The standard InChI is InChI=1S/C22H24F4N2O4S/c1-27(16-8-10-33(30,31)13-16)21(29)20-18(14-4-6-15(23)7-5-14)11-19(22(24,25)26)28(20)12-17-3-2-9-32-17/h4-7,11,16-17H,2-3,8-10,12-13H2,1H3. The van der Waals surface area contributed by atoms with Crippen molar-refractivity contribution >= 4 is 15.7 Å². The Balaban J connectivity index is 1.84. The van der Waals surface area contributed by atoms with Crippen molar-refractivity contribution in [2.75, 3.05) is 25.2 Å². The van der Waals surface area contributed by atoms with Crippen LogP contribution in [0.5, 0.6) is 0 Å². The number of hydrogen-bond donors (Lipinski definition) is 0. The topological polar surface area (TPSA) is 68.6 Å². The molecule has 11 heteroatoms. The van der Waals surface area contributed by atoms with Crippen LogP contribution in [0.4, 0.5) is 17.6 Å². The number of sulfone groups is 1. The van der Waals surface area contributed by atoms with Crippen LogP contribution in [0.25, 0.3) is 11.1 Å². The average molecular weight is 489 g/mol. The number of aromatic nitrogens is 1. The molecule has 2 saturated heterocycles. The molecule has 180 valence electrons. The molecule has 2 atom stereocenters. The van der Waals surface area contributed by atoms with E-state index in [0.717, 1.165) is 22.8 Å². The van der Waals surface area contributed by atoms with Crippen LogP contribution in [0.3, 0.4) is 0 Å². The molecule has 6 nitrogen and oxygen atoms in total. The van der Waals surface area contributed by atoms with Gasteiger partial charge in [-0.25, -0.2) is 12.8 Å². The van der Waals surface area contributed by atoms with Crippen molar-refractivity contribution in [1.82, 2.24) is 9.47 Å². The summed E-state index contributed by atoms with van der Waals surface area (Å²) in [6.07, 6.45) is -3.74. The van der Waals surface area contributed by atoms with Gasteiger partial charge in [0.15, 0.2) is 9.84 Å². The van der Waals surface area contributed by atoms with Crippen molar-refractivity contribution in [2.45, 2.75) is 44.1 Å². The summed E-state index contributed by atoms with van der Waals surface area (Å²) in [4.78, 5) is 14.8. The Labute approximate surface area is 189 Å². The first kappa shape index (κ1) is 23.7. The highest BCUT2D eigenvalue weighted by Crippen LogP contribution is 2.38. The highest BCUT2D eigenvalue weighted by molar-refractivity contribution is 7.91. The monoisotopic (exact) mass is 488 g/mol. The van der Waals surface area contributed by atoms with Gasteiger partial charge in [0.1, 0.15) is 17.2 Å². The van der Waals surface area contributed by atoms with E-state index < -0.39 is 45.6 Å². The minimum absolute atomic E-state index is 0.0121. The second-order valence-corrected chi connectivity index (χ2v) is 10.7. The number of carbonyl (C=O) groups is 1. The zero-order valence-electron chi connectivity index (χ0n) is 17.9. The van der Waals surface area contributed by atoms with Gasteiger partial charge in [0.25, 0.3) is 5.91 Å². The molecule has 0 spiro atoms. The molecule has 0 bridgehead atoms. The third kappa shape index (κ3) is 4.93. The van der Waals surface area contributed by atoms with Gasteiger partial charge in [-0.3, -0.25) is 4.79 Å². The largest absolute Gasteiger partial charge is 0.431 e. The summed E-state index contributed by atoms with van der Waals surface area (Å²) in [7, 11) is -1.91. The van der Waals surface area contributed by atoms with Gasteiger partial charge in [-0.15, -0.1) is 0 Å². The number of hydrogen-bond acceptors (Lipinski definition) is 4. The molecule has 2 aromatic rings. The van der Waals surface area contributed by atoms with Crippen LogP contribution in [-0.4, -0.2) is 61.1 Å². The van der Waals surface area contributed by atoms with Gasteiger partial charge < -0.3 is 14.2 Å². The predicted molar refractivity (Wildman–Crippen MR) is 113 cm³/mol. The van der Waals surface area contributed by atoms with Crippen molar-refractivity contribution < 1.29 is 35.5 Å². The van der Waals surface area contributed by atoms with Gasteiger partial charge >= 0.3 is 6.18 Å². The van der Waals surface area contributed by atoms with Crippen LogP contribution in [0, 0.1) is 5.82 Å². The highest BCUT2D eigenvalue weighted by atomic mass is 32.2. The molecular formula is C22H24F4N2O4S. The summed E-state index contributed by atoms with van der Waals surface area (Å²) >= 11 is 0. The lowest BCUT2D eigenvalue weighted by Gasteiger charge is -2.26. The maximum atomic E-state index is 14.0. The van der Waals surface area contributed by atoms with Gasteiger partial charge in [-0.05, 0) is 43.0 Å². The quantitative estimate of drug-likeness (QED) is 0.602. The average Bonchev–Trinajstić information content (AvgIpc) is 3.46. The Bertz CT molecular complexity index is 1140. The molecule has 2 fully saturated rings. The Morgan fingerprint density at radius 1 is 1.21 bits per heavy atom. The van der Waals surface area contributed by atoms with Crippen LogP contribution in [0.1, 0.15) is 35.4 Å². The summed E-state index contributed by atoms with van der Waals surface area (Å²) in [5.41, 5.74) is -0.953. The van der Waals surface area contributed by atoms with E-state index in [9.17, 15) is 30.8 Å². The second-order valence-electron chi connectivity index (χ2n) is 8.52. The van der Waals surface area contributed by atoms with Crippen molar-refractivity contribution in [2.24, 2.45) is 0 Å². The maximum absolute atomic E-state index is 14.0. The lowest BCUT2D eigenvalue weighted by atomic mass is 10.0. The molecule has 33 heavy (non-hydrogen) atoms. The van der Waals surface area contributed by atoms with Gasteiger partial charge in [0.2, 0.25) is 0 Å². The zero-order chi connectivity index (χ0) is 24.0. The SMILES string of the molecule is CN(C(=O)c1c(-c2ccc(F)cc2)cc(C(F)(F)F)n1CC1CCCO1)C1CCS(=O)(=O)C1. The lowest BCUT2D eigenvalue weighted by molar-refractivity contribution is -0.144. The predicted octanol–water partition coefficient (Wildman–Crippen LogP) is 3.75. The fourth-order valence-corrected chi connectivity index (χ4v) is 6.23. The van der Waals surface area contributed by atoms with Crippen LogP contribution < -0.4 is 0 Å². The van der Waals surface area contributed by atoms with Gasteiger partial charge in [0, 0.05) is 31.8 Å². The molecule has 4 rings (SSSR count). The number of rotatable bonds is 5. The Kier molecular flexibility index (Phi) is 6.30. The van der Waals surface area contributed by atoms with Crippen LogP contribution in [-0.2, 0) is 27.3 Å². The first-order valence-corrected chi connectivity index (χ1v) is 12.4. The minimum Gasteiger partial charge on any atom is -0.376 e. The fraction of sp³-hybridized carbons (Fsp3) is 0.500. The molecule has 2 aliphatic rings. The van der Waals surface area contributed by atoms with Gasteiger partial charge in [-0.2, -0.15) is 13.2 Å². The third-order valence-electron chi connectivity index (χ3n) is 6.23. The number of nitrogens with zero attached hydrogens (tertiary/aromatic N) is 2. The molecule has 0 N–H and O–H groups in total. The molecule has 0 radical (unpaired) electrons. The van der Waals surface area contributed by atoms with E-state index in [4.69, 9.17) is 4.74 Å². The maximum Gasteiger partial charge on any atom is 0.431 e. The van der Waals surface area contributed by atoms with Crippen molar-refractivity contribution in [3.05, 3.63) is 47.5 Å². The number of alkyl halides is 3. The number of halogens is 4. The molecule has 3 heterocycles. The van der Waals surface area contributed by atoms with E-state index in [1.807, 2.05) is 0 Å². The van der Waals surface area contributed by atoms with Gasteiger partial charge in [-0.1, -0.05) is 12.1 Å². The summed E-state index contributed by atoms with van der Waals surface area (Å²) in [5, 5.41) is 0. The van der Waals surface area contributed by atoms with E-state index in [0.29, 0.717) is 19.4 Å². The lowest BCUT2D eigenvalue weighted by Crippen LogP contribution is -2.39.